The van der Waals surface area contributed by atoms with Crippen LogP contribution in [0.25, 0.3) is 0 Å². The van der Waals surface area contributed by atoms with Gasteiger partial charge in [0.2, 0.25) is 0 Å². The molecular weight excluding hydrogens is 460 g/mol. The van der Waals surface area contributed by atoms with E-state index in [1.807, 2.05) is 12.1 Å². The number of aromatic hydroxyl groups is 1. The fraction of sp³-hybridized carbons (Fsp3) is 0.400. The molecule has 0 atom stereocenters. The van der Waals surface area contributed by atoms with Gasteiger partial charge in [-0.15, -0.1) is 0 Å². The van der Waals surface area contributed by atoms with E-state index >= 15 is 0 Å². The van der Waals surface area contributed by atoms with E-state index in [4.69, 9.17) is 17.0 Å². The predicted octanol–water partition coefficient (Wildman–Crippen LogP) is 5.61. The number of hydrogen-bond acceptors (Lipinski definition) is 2. The Morgan fingerprint density at radius 1 is 1.00 bits per heavy atom. The molecule has 2 rings (SSSR count). The van der Waals surface area contributed by atoms with E-state index in [0.29, 0.717) is 5.75 Å². The summed E-state index contributed by atoms with van der Waals surface area (Å²) < 4.78 is 2.42. The Balaban J connectivity index is 0.00000105. The van der Waals surface area contributed by atoms with Gasteiger partial charge in [-0.2, -0.15) is 0 Å². The van der Waals surface area contributed by atoms with Crippen LogP contribution in [0.1, 0.15) is 31.9 Å². The van der Waals surface area contributed by atoms with Crippen LogP contribution in [0, 0.1) is 0 Å². The van der Waals surface area contributed by atoms with Crippen LogP contribution in [0.5, 0.6) is 5.75 Å². The van der Waals surface area contributed by atoms with Crippen molar-refractivity contribution in [2.45, 2.75) is 45.8 Å². The molecule has 0 aliphatic rings. The van der Waals surface area contributed by atoms with E-state index in [1.165, 1.54) is 5.56 Å². The fourth-order valence-corrected chi connectivity index (χ4v) is 5.11. The Morgan fingerprint density at radius 3 is 2.04 bits per heavy atom. The Hall–Kier alpha value is -0.120. The number of hydrogen-bond donors (Lipinski definition) is 1. The molecule has 0 fully saturated rings. The Bertz CT molecular complexity index is 690. The summed E-state index contributed by atoms with van der Waals surface area (Å²) in [4.78, 5) is 0. The van der Waals surface area contributed by atoms with Crippen LogP contribution in [0.3, 0.4) is 0 Å². The molecule has 0 amide bonds. The molecule has 0 aromatic heterocycles. The van der Waals surface area contributed by atoms with Crippen LogP contribution < -0.4 is 5.19 Å². The van der Waals surface area contributed by atoms with E-state index < -0.39 is 29.1 Å². The summed E-state index contributed by atoms with van der Waals surface area (Å²) in [6, 6.07) is 16.7. The summed E-state index contributed by atoms with van der Waals surface area (Å²) in [5, 5.41) is 12.0. The maximum atomic E-state index is 10.9. The number of rotatable bonds is 4. The van der Waals surface area contributed by atoms with E-state index in [2.05, 4.69) is 81.9 Å². The maximum absolute atomic E-state index is 10.9. The summed E-state index contributed by atoms with van der Waals surface area (Å²) in [5.74, 6) is 0.483. The molecule has 0 heterocycles. The van der Waals surface area contributed by atoms with Crippen molar-refractivity contribution in [3.63, 3.8) is 0 Å². The number of phenolic OH excluding ortho intramolecular Hbond substituents is 1. The number of benzene rings is 2. The molecule has 0 saturated carbocycles. The first-order valence-corrected chi connectivity index (χ1v) is 17.9. The first-order valence-electron chi connectivity index (χ1n) is 8.60. The molecule has 0 unspecified atom stereocenters. The summed E-state index contributed by atoms with van der Waals surface area (Å²) in [6.07, 6.45) is 0. The first-order chi connectivity index (χ1) is 12.1. The molecule has 142 valence electrons. The molecule has 0 bridgehead atoms. The van der Waals surface area contributed by atoms with Gasteiger partial charge in [0.15, 0.2) is 8.24 Å². The van der Waals surface area contributed by atoms with Gasteiger partial charge in [-0.25, -0.2) is 0 Å². The van der Waals surface area contributed by atoms with E-state index in [1.54, 1.807) is 0 Å². The van der Waals surface area contributed by atoms with Crippen LogP contribution in [0.4, 0.5) is 0 Å². The van der Waals surface area contributed by atoms with Gasteiger partial charge in [0.25, 0.3) is 0 Å². The number of phenols is 1. The van der Waals surface area contributed by atoms with Gasteiger partial charge in [-0.3, -0.25) is 0 Å². The summed E-state index contributed by atoms with van der Waals surface area (Å²) in [6.45, 7) is 11.9. The second kappa shape index (κ2) is 10.4. The molecule has 2 aromatic carbocycles. The van der Waals surface area contributed by atoms with Crippen LogP contribution in [0.2, 0.25) is 13.1 Å². The van der Waals surface area contributed by atoms with Crippen molar-refractivity contribution in [2.75, 3.05) is 7.05 Å². The average molecular weight is 490 g/mol. The molecule has 0 aliphatic heterocycles. The van der Waals surface area contributed by atoms with Crippen LogP contribution in [-0.2, 0) is 32.8 Å². The third-order valence-corrected chi connectivity index (χ3v) is 8.51. The van der Waals surface area contributed by atoms with E-state index in [9.17, 15) is 5.11 Å². The Kier molecular flexibility index (Phi) is 9.60. The van der Waals surface area contributed by atoms with Gasteiger partial charge >= 0.3 is 37.9 Å². The van der Waals surface area contributed by atoms with Crippen LogP contribution >= 0.6 is 17.0 Å². The molecule has 0 radical (unpaired) electrons. The molecule has 26 heavy (non-hydrogen) atoms. The molecule has 0 saturated heterocycles. The van der Waals surface area contributed by atoms with Gasteiger partial charge in [0, 0.05) is 6.54 Å². The normalized spacial score (nSPS) is 11.7. The third-order valence-electron chi connectivity index (χ3n) is 4.72. The number of halogens is 2. The second-order valence-corrected chi connectivity index (χ2v) is 16.1. The van der Waals surface area contributed by atoms with Crippen molar-refractivity contribution in [1.29, 1.82) is 0 Å². The predicted molar refractivity (Wildman–Crippen MR) is 114 cm³/mol. The van der Waals surface area contributed by atoms with E-state index in [-0.39, 0.29) is 5.41 Å². The fourth-order valence-electron chi connectivity index (χ4n) is 2.90. The standard InChI is InChI=1S/C20H29NOSi.2ClH.Zr/c1-20(2,3)17-13-10-14-18(19(17)22)23(5,6)21(4)15-16-11-8-7-9-12-16;;;/h7-14,22H,15H2,1-6H3;2*1H;/q;;;+2/p-2. The SMILES string of the molecule is CN(Cc1ccccc1)[Si](C)(C)c1cccc(C(C)(C)C)c1O.[Cl][Zr][Cl]. The monoisotopic (exact) mass is 487 g/mol. The van der Waals surface area contributed by atoms with Crippen molar-refractivity contribution in [3.05, 3.63) is 59.7 Å². The molecule has 6 heteroatoms. The van der Waals surface area contributed by atoms with Crippen molar-refractivity contribution in [3.8, 4) is 5.75 Å². The Morgan fingerprint density at radius 2 is 1.54 bits per heavy atom. The van der Waals surface area contributed by atoms with Crippen molar-refractivity contribution >= 4 is 30.4 Å². The molecular formula is C20H29Cl2NOSiZr. The van der Waals surface area contributed by atoms with Crippen molar-refractivity contribution in [2.24, 2.45) is 0 Å². The van der Waals surface area contributed by atoms with E-state index in [0.717, 1.165) is 17.3 Å². The van der Waals surface area contributed by atoms with Crippen molar-refractivity contribution in [1.82, 2.24) is 4.57 Å². The zero-order valence-corrected chi connectivity index (χ0v) is 21.4. The van der Waals surface area contributed by atoms with Gasteiger partial charge < -0.3 is 9.67 Å². The topological polar surface area (TPSA) is 23.5 Å². The first kappa shape index (κ1) is 23.9. The minimum atomic E-state index is -1.94. The minimum absolute atomic E-state index is 0.0530. The molecule has 2 nitrogen and oxygen atoms in total. The zero-order valence-electron chi connectivity index (χ0n) is 16.5. The van der Waals surface area contributed by atoms with Gasteiger partial charge in [0.05, 0.1) is 0 Å². The molecule has 1 N–H and O–H groups in total. The average Bonchev–Trinajstić information content (AvgIpc) is 2.55. The second-order valence-electron chi connectivity index (χ2n) is 7.92. The van der Waals surface area contributed by atoms with Crippen LogP contribution in [0.15, 0.2) is 48.5 Å². The van der Waals surface area contributed by atoms with Crippen LogP contribution in [-0.4, -0.2) is 25.0 Å². The summed E-state index contributed by atoms with van der Waals surface area (Å²) >= 11 is -0.826. The number of nitrogens with zero attached hydrogens (tertiary/aromatic N) is 1. The summed E-state index contributed by atoms with van der Waals surface area (Å²) in [5.41, 5.74) is 2.29. The third kappa shape index (κ3) is 6.49. The van der Waals surface area contributed by atoms with Gasteiger partial charge in [0.1, 0.15) is 5.75 Å². The Labute approximate surface area is 178 Å². The number of para-hydroxylation sites is 1. The summed E-state index contributed by atoms with van der Waals surface area (Å²) in [7, 11) is 10.1. The van der Waals surface area contributed by atoms with Crippen molar-refractivity contribution < 1.29 is 26.0 Å². The molecule has 2 aromatic rings. The quantitative estimate of drug-likeness (QED) is 0.565. The molecule has 0 aliphatic carbocycles. The van der Waals surface area contributed by atoms with Gasteiger partial charge in [-0.1, -0.05) is 82.4 Å². The molecule has 0 spiro atoms. The zero-order chi connectivity index (χ0) is 20.0. The van der Waals surface area contributed by atoms with Gasteiger partial charge in [-0.05, 0) is 28.8 Å².